The molecule has 1 aromatic rings. The maximum Gasteiger partial charge on any atom is 0.323 e. The van der Waals surface area contributed by atoms with Gasteiger partial charge in [0.15, 0.2) is 0 Å². The number of amides is 1. The third-order valence-electron chi connectivity index (χ3n) is 2.72. The first-order valence-electron chi connectivity index (χ1n) is 6.35. The van der Waals surface area contributed by atoms with E-state index in [0.29, 0.717) is 17.1 Å². The minimum Gasteiger partial charge on any atom is -0.480 e. The second-order valence-electron chi connectivity index (χ2n) is 5.03. The van der Waals surface area contributed by atoms with Crippen LogP contribution in [-0.4, -0.2) is 29.6 Å². The number of rotatable bonds is 6. The van der Waals surface area contributed by atoms with Gasteiger partial charge in [0.05, 0.1) is 6.04 Å². The van der Waals surface area contributed by atoms with Crippen LogP contribution >= 0.6 is 11.6 Å². The molecule has 0 spiro atoms. The van der Waals surface area contributed by atoms with Gasteiger partial charge in [0.2, 0.25) is 5.91 Å². The Labute approximate surface area is 123 Å². The number of carboxylic acids is 1. The number of carbonyl (C=O) groups is 2. The molecule has 0 bridgehead atoms. The largest absolute Gasteiger partial charge is 0.480 e. The monoisotopic (exact) mass is 298 g/mol. The molecule has 5 nitrogen and oxygen atoms in total. The highest BCUT2D eigenvalue weighted by atomic mass is 35.5. The molecule has 0 saturated heterocycles. The fourth-order valence-corrected chi connectivity index (χ4v) is 2.07. The summed E-state index contributed by atoms with van der Waals surface area (Å²) < 4.78 is 0. The van der Waals surface area contributed by atoms with Gasteiger partial charge in [-0.05, 0) is 30.5 Å². The average Bonchev–Trinajstić information content (AvgIpc) is 2.34. The molecule has 1 amide bonds. The number of halogens is 1. The van der Waals surface area contributed by atoms with Crippen LogP contribution < -0.4 is 10.6 Å². The van der Waals surface area contributed by atoms with Crippen LogP contribution in [0.4, 0.5) is 5.69 Å². The highest BCUT2D eigenvalue weighted by Gasteiger charge is 2.25. The molecule has 0 unspecified atom stereocenters. The predicted molar refractivity (Wildman–Crippen MR) is 78.9 cm³/mol. The van der Waals surface area contributed by atoms with Gasteiger partial charge < -0.3 is 10.8 Å². The van der Waals surface area contributed by atoms with E-state index in [2.05, 4.69) is 0 Å². The van der Waals surface area contributed by atoms with Crippen LogP contribution in [-0.2, 0) is 9.59 Å². The van der Waals surface area contributed by atoms with Crippen LogP contribution in [0.1, 0.15) is 20.3 Å². The SMILES string of the molecule is CC(C)C[C@@H](N)C(=O)N(CC(=O)O)c1cccc(Cl)c1. The predicted octanol–water partition coefficient (Wildman–Crippen LogP) is 2.13. The number of hydrogen-bond donors (Lipinski definition) is 2. The molecule has 1 aromatic carbocycles. The van der Waals surface area contributed by atoms with Gasteiger partial charge in [-0.1, -0.05) is 31.5 Å². The van der Waals surface area contributed by atoms with Gasteiger partial charge >= 0.3 is 5.97 Å². The van der Waals surface area contributed by atoms with Crippen molar-refractivity contribution < 1.29 is 14.7 Å². The van der Waals surface area contributed by atoms with Crippen molar-refractivity contribution in [2.45, 2.75) is 26.3 Å². The molecule has 0 heterocycles. The summed E-state index contributed by atoms with van der Waals surface area (Å²) in [5.74, 6) is -1.27. The lowest BCUT2D eigenvalue weighted by atomic mass is 10.0. The zero-order chi connectivity index (χ0) is 15.3. The molecule has 1 atom stereocenters. The smallest absolute Gasteiger partial charge is 0.323 e. The molecule has 0 aliphatic heterocycles. The quantitative estimate of drug-likeness (QED) is 0.842. The number of nitrogens with zero attached hydrogens (tertiary/aromatic N) is 1. The molecule has 0 aliphatic carbocycles. The lowest BCUT2D eigenvalue weighted by molar-refractivity contribution is -0.136. The van der Waals surface area contributed by atoms with E-state index in [0.717, 1.165) is 4.90 Å². The van der Waals surface area contributed by atoms with Crippen LogP contribution in [0.2, 0.25) is 5.02 Å². The first kappa shape index (κ1) is 16.5. The number of carboxylic acid groups (broad SMARTS) is 1. The Bertz CT molecular complexity index is 491. The van der Waals surface area contributed by atoms with E-state index in [-0.39, 0.29) is 5.92 Å². The van der Waals surface area contributed by atoms with Crippen molar-refractivity contribution in [2.75, 3.05) is 11.4 Å². The number of hydrogen-bond acceptors (Lipinski definition) is 3. The van der Waals surface area contributed by atoms with Crippen molar-refractivity contribution >= 4 is 29.2 Å². The van der Waals surface area contributed by atoms with Crippen molar-refractivity contribution in [3.05, 3.63) is 29.3 Å². The average molecular weight is 299 g/mol. The Hall–Kier alpha value is -1.59. The highest BCUT2D eigenvalue weighted by Crippen LogP contribution is 2.20. The number of nitrogens with two attached hydrogens (primary N) is 1. The van der Waals surface area contributed by atoms with Crippen molar-refractivity contribution in [3.8, 4) is 0 Å². The Morgan fingerprint density at radius 3 is 2.55 bits per heavy atom. The summed E-state index contributed by atoms with van der Waals surface area (Å²) in [7, 11) is 0. The summed E-state index contributed by atoms with van der Waals surface area (Å²) in [6, 6.07) is 5.77. The zero-order valence-corrected chi connectivity index (χ0v) is 12.3. The molecule has 20 heavy (non-hydrogen) atoms. The van der Waals surface area contributed by atoms with E-state index in [1.165, 1.54) is 0 Å². The van der Waals surface area contributed by atoms with Crippen LogP contribution in [0.25, 0.3) is 0 Å². The fraction of sp³-hybridized carbons (Fsp3) is 0.429. The second kappa shape index (κ2) is 7.26. The van der Waals surface area contributed by atoms with E-state index in [1.54, 1.807) is 24.3 Å². The van der Waals surface area contributed by atoms with Crippen molar-refractivity contribution in [3.63, 3.8) is 0 Å². The van der Waals surface area contributed by atoms with Gasteiger partial charge in [-0.3, -0.25) is 14.5 Å². The summed E-state index contributed by atoms with van der Waals surface area (Å²) in [6.45, 7) is 3.47. The standard InChI is InChI=1S/C14H19ClN2O3/c1-9(2)6-12(16)14(20)17(8-13(18)19)11-5-3-4-10(15)7-11/h3-5,7,9,12H,6,8,16H2,1-2H3,(H,18,19)/t12-/m1/s1. The van der Waals surface area contributed by atoms with Crippen molar-refractivity contribution in [1.82, 2.24) is 0 Å². The summed E-state index contributed by atoms with van der Waals surface area (Å²) in [5, 5.41) is 9.39. The Morgan fingerprint density at radius 2 is 2.05 bits per heavy atom. The van der Waals surface area contributed by atoms with Crippen LogP contribution in [0.3, 0.4) is 0 Å². The van der Waals surface area contributed by atoms with Gasteiger partial charge in [-0.25, -0.2) is 0 Å². The van der Waals surface area contributed by atoms with Gasteiger partial charge in [0.25, 0.3) is 0 Å². The normalized spacial score (nSPS) is 12.2. The molecule has 0 saturated carbocycles. The van der Waals surface area contributed by atoms with E-state index in [9.17, 15) is 9.59 Å². The Kier molecular flexibility index (Phi) is 5.98. The van der Waals surface area contributed by atoms with Crippen LogP contribution in [0, 0.1) is 5.92 Å². The number of carbonyl (C=O) groups excluding carboxylic acids is 1. The van der Waals surface area contributed by atoms with Gasteiger partial charge in [0, 0.05) is 10.7 Å². The third-order valence-corrected chi connectivity index (χ3v) is 2.96. The Morgan fingerprint density at radius 1 is 1.40 bits per heavy atom. The molecule has 0 aromatic heterocycles. The highest BCUT2D eigenvalue weighted by molar-refractivity contribution is 6.31. The van der Waals surface area contributed by atoms with E-state index < -0.39 is 24.5 Å². The fourth-order valence-electron chi connectivity index (χ4n) is 1.88. The number of benzene rings is 1. The molecular formula is C14H19ClN2O3. The summed E-state index contributed by atoms with van der Waals surface area (Å²) >= 11 is 5.88. The molecule has 1 rings (SSSR count). The first-order chi connectivity index (χ1) is 9.31. The zero-order valence-electron chi connectivity index (χ0n) is 11.5. The van der Waals surface area contributed by atoms with Gasteiger partial charge in [-0.2, -0.15) is 0 Å². The molecular weight excluding hydrogens is 280 g/mol. The minimum atomic E-state index is -1.10. The number of anilines is 1. The first-order valence-corrected chi connectivity index (χ1v) is 6.73. The lowest BCUT2D eigenvalue weighted by Crippen LogP contribution is -2.46. The van der Waals surface area contributed by atoms with E-state index >= 15 is 0 Å². The number of aliphatic carboxylic acids is 1. The molecule has 0 aliphatic rings. The molecule has 6 heteroatoms. The van der Waals surface area contributed by atoms with E-state index in [1.807, 2.05) is 13.8 Å². The second-order valence-corrected chi connectivity index (χ2v) is 5.47. The van der Waals surface area contributed by atoms with E-state index in [4.69, 9.17) is 22.4 Å². The Balaban J connectivity index is 3.00. The van der Waals surface area contributed by atoms with Crippen molar-refractivity contribution in [2.24, 2.45) is 11.7 Å². The van der Waals surface area contributed by atoms with Crippen molar-refractivity contribution in [1.29, 1.82) is 0 Å². The molecule has 0 fully saturated rings. The summed E-state index contributed by atoms with van der Waals surface area (Å²) in [5.41, 5.74) is 6.29. The molecule has 0 radical (unpaired) electrons. The lowest BCUT2D eigenvalue weighted by Gasteiger charge is -2.25. The molecule has 3 N–H and O–H groups in total. The van der Waals surface area contributed by atoms with Crippen LogP contribution in [0.15, 0.2) is 24.3 Å². The van der Waals surface area contributed by atoms with Crippen LogP contribution in [0.5, 0.6) is 0 Å². The minimum absolute atomic E-state index is 0.250. The maximum atomic E-state index is 12.3. The maximum absolute atomic E-state index is 12.3. The molecule has 110 valence electrons. The topological polar surface area (TPSA) is 83.6 Å². The summed E-state index contributed by atoms with van der Waals surface area (Å²) in [6.07, 6.45) is 0.496. The summed E-state index contributed by atoms with van der Waals surface area (Å²) in [4.78, 5) is 24.4. The third kappa shape index (κ3) is 4.83. The van der Waals surface area contributed by atoms with Gasteiger partial charge in [0.1, 0.15) is 6.54 Å². The van der Waals surface area contributed by atoms with Gasteiger partial charge in [-0.15, -0.1) is 0 Å².